The van der Waals surface area contributed by atoms with E-state index >= 15 is 0 Å². The molecular formula is C14H15ClO2S. The van der Waals surface area contributed by atoms with Gasteiger partial charge in [-0.05, 0) is 35.6 Å². The summed E-state index contributed by atoms with van der Waals surface area (Å²) < 4.78 is 5.50. The van der Waals surface area contributed by atoms with Crippen LogP contribution in [0.3, 0.4) is 0 Å². The zero-order valence-corrected chi connectivity index (χ0v) is 11.7. The Morgan fingerprint density at radius 1 is 1.28 bits per heavy atom. The summed E-state index contributed by atoms with van der Waals surface area (Å²) in [4.78, 5) is 0.777. The van der Waals surface area contributed by atoms with Crippen LogP contribution in [0.25, 0.3) is 0 Å². The lowest BCUT2D eigenvalue weighted by atomic mass is 10.1. The second kappa shape index (κ2) is 6.23. The lowest BCUT2D eigenvalue weighted by molar-refractivity contribution is 0.224. The van der Waals surface area contributed by atoms with Gasteiger partial charge in [0.05, 0.1) is 16.5 Å². The highest BCUT2D eigenvalue weighted by atomic mass is 35.5. The number of hydrogen-bond donors (Lipinski definition) is 1. The molecule has 0 fully saturated rings. The Bertz CT molecular complexity index is 493. The Labute approximate surface area is 116 Å². The lowest BCUT2D eigenvalue weighted by Crippen LogP contribution is -1.99. The Morgan fingerprint density at radius 3 is 2.56 bits per heavy atom. The summed E-state index contributed by atoms with van der Waals surface area (Å²) in [6.07, 6.45) is 0.313. The van der Waals surface area contributed by atoms with E-state index in [0.29, 0.717) is 11.6 Å². The third-order valence-electron chi connectivity index (χ3n) is 2.56. The van der Waals surface area contributed by atoms with Crippen LogP contribution in [0, 0.1) is 0 Å². The Kier molecular flexibility index (Phi) is 4.64. The fourth-order valence-corrected chi connectivity index (χ4v) is 2.79. The van der Waals surface area contributed by atoms with E-state index in [2.05, 4.69) is 6.92 Å². The molecule has 0 radical (unpaired) electrons. The number of ether oxygens (including phenoxy) is 1. The van der Waals surface area contributed by atoms with Crippen LogP contribution in [-0.4, -0.2) is 11.7 Å². The minimum absolute atomic E-state index is 0.610. The second-order valence-corrected chi connectivity index (χ2v) is 5.31. The number of halogens is 1. The van der Waals surface area contributed by atoms with Crippen LogP contribution in [0.5, 0.6) is 5.75 Å². The maximum atomic E-state index is 10.2. The fraction of sp³-hybridized carbons (Fsp3) is 0.286. The first-order chi connectivity index (χ1) is 8.72. The molecule has 1 aromatic carbocycles. The molecule has 18 heavy (non-hydrogen) atoms. The van der Waals surface area contributed by atoms with Crippen LogP contribution in [0.15, 0.2) is 35.7 Å². The number of aliphatic hydroxyl groups is 1. The van der Waals surface area contributed by atoms with Gasteiger partial charge in [-0.2, -0.15) is 0 Å². The lowest BCUT2D eigenvalue weighted by Gasteiger charge is -2.11. The average Bonchev–Trinajstić information content (AvgIpc) is 2.82. The minimum Gasteiger partial charge on any atom is -0.494 e. The standard InChI is InChI=1S/C14H15ClO2S/c1-2-8-17-11-5-3-10(4-6-11)13(16)14-12(15)7-9-18-14/h3-7,9,13,16H,2,8H2,1H3. The first-order valence-corrected chi connectivity index (χ1v) is 7.12. The van der Waals surface area contributed by atoms with Gasteiger partial charge in [0.25, 0.3) is 0 Å². The summed E-state index contributed by atoms with van der Waals surface area (Å²) in [5, 5.41) is 12.7. The van der Waals surface area contributed by atoms with E-state index < -0.39 is 6.10 Å². The highest BCUT2D eigenvalue weighted by Crippen LogP contribution is 2.33. The van der Waals surface area contributed by atoms with Crippen molar-refractivity contribution >= 4 is 22.9 Å². The molecule has 1 unspecified atom stereocenters. The van der Waals surface area contributed by atoms with Crippen LogP contribution in [0.4, 0.5) is 0 Å². The predicted octanol–water partition coefficient (Wildman–Crippen LogP) is 4.27. The van der Waals surface area contributed by atoms with Gasteiger partial charge in [0.1, 0.15) is 11.9 Å². The molecule has 0 aliphatic rings. The SMILES string of the molecule is CCCOc1ccc(C(O)c2sccc2Cl)cc1. The zero-order chi connectivity index (χ0) is 13.0. The monoisotopic (exact) mass is 282 g/mol. The number of rotatable bonds is 5. The molecular weight excluding hydrogens is 268 g/mol. The van der Waals surface area contributed by atoms with Crippen molar-refractivity contribution in [1.29, 1.82) is 0 Å². The molecule has 0 amide bonds. The average molecular weight is 283 g/mol. The van der Waals surface area contributed by atoms with Gasteiger partial charge in [-0.1, -0.05) is 30.7 Å². The van der Waals surface area contributed by atoms with Crippen LogP contribution >= 0.6 is 22.9 Å². The van der Waals surface area contributed by atoms with Gasteiger partial charge in [-0.3, -0.25) is 0 Å². The quantitative estimate of drug-likeness (QED) is 0.887. The van der Waals surface area contributed by atoms with E-state index in [0.717, 1.165) is 22.6 Å². The van der Waals surface area contributed by atoms with Crippen molar-refractivity contribution in [1.82, 2.24) is 0 Å². The van der Waals surface area contributed by atoms with E-state index in [4.69, 9.17) is 16.3 Å². The first-order valence-electron chi connectivity index (χ1n) is 5.86. The van der Waals surface area contributed by atoms with Crippen LogP contribution < -0.4 is 4.74 Å². The third-order valence-corrected chi connectivity index (χ3v) is 3.97. The van der Waals surface area contributed by atoms with Gasteiger partial charge in [-0.15, -0.1) is 11.3 Å². The van der Waals surface area contributed by atoms with E-state index in [9.17, 15) is 5.11 Å². The van der Waals surface area contributed by atoms with Crippen molar-refractivity contribution in [2.24, 2.45) is 0 Å². The van der Waals surface area contributed by atoms with Crippen molar-refractivity contribution in [2.45, 2.75) is 19.4 Å². The molecule has 1 aromatic heterocycles. The molecule has 0 saturated heterocycles. The van der Waals surface area contributed by atoms with E-state index in [-0.39, 0.29) is 0 Å². The van der Waals surface area contributed by atoms with Gasteiger partial charge < -0.3 is 9.84 Å². The van der Waals surface area contributed by atoms with Crippen molar-refractivity contribution in [3.8, 4) is 5.75 Å². The van der Waals surface area contributed by atoms with Gasteiger partial charge >= 0.3 is 0 Å². The summed E-state index contributed by atoms with van der Waals surface area (Å²) in [5.74, 6) is 0.824. The Balaban J connectivity index is 2.12. The largest absolute Gasteiger partial charge is 0.494 e. The molecule has 4 heteroatoms. The number of benzene rings is 1. The fourth-order valence-electron chi connectivity index (χ4n) is 1.62. The van der Waals surface area contributed by atoms with E-state index in [1.807, 2.05) is 29.6 Å². The van der Waals surface area contributed by atoms with Crippen molar-refractivity contribution in [2.75, 3.05) is 6.61 Å². The molecule has 0 aliphatic carbocycles. The highest BCUT2D eigenvalue weighted by molar-refractivity contribution is 7.10. The van der Waals surface area contributed by atoms with Crippen LogP contribution in [-0.2, 0) is 0 Å². The molecule has 1 heterocycles. The molecule has 0 spiro atoms. The van der Waals surface area contributed by atoms with Crippen molar-refractivity contribution in [3.63, 3.8) is 0 Å². The summed E-state index contributed by atoms with van der Waals surface area (Å²) in [5.41, 5.74) is 0.822. The van der Waals surface area contributed by atoms with Gasteiger partial charge in [-0.25, -0.2) is 0 Å². The normalized spacial score (nSPS) is 12.4. The van der Waals surface area contributed by atoms with Gasteiger partial charge in [0.15, 0.2) is 0 Å². The molecule has 1 N–H and O–H groups in total. The predicted molar refractivity (Wildman–Crippen MR) is 75.6 cm³/mol. The zero-order valence-electron chi connectivity index (χ0n) is 10.1. The maximum Gasteiger partial charge on any atom is 0.119 e. The number of aliphatic hydroxyl groups excluding tert-OH is 1. The Hall–Kier alpha value is -1.03. The van der Waals surface area contributed by atoms with Crippen molar-refractivity contribution < 1.29 is 9.84 Å². The van der Waals surface area contributed by atoms with Gasteiger partial charge in [0, 0.05) is 0 Å². The second-order valence-electron chi connectivity index (χ2n) is 3.95. The summed E-state index contributed by atoms with van der Waals surface area (Å²) in [7, 11) is 0. The molecule has 2 aromatic rings. The molecule has 0 bridgehead atoms. The highest BCUT2D eigenvalue weighted by Gasteiger charge is 2.15. The molecule has 2 rings (SSSR count). The van der Waals surface area contributed by atoms with Crippen LogP contribution in [0.1, 0.15) is 29.9 Å². The molecule has 1 atom stereocenters. The number of hydrogen-bond acceptors (Lipinski definition) is 3. The topological polar surface area (TPSA) is 29.5 Å². The molecule has 96 valence electrons. The minimum atomic E-state index is -0.669. The van der Waals surface area contributed by atoms with Crippen molar-refractivity contribution in [3.05, 3.63) is 51.2 Å². The van der Waals surface area contributed by atoms with Gasteiger partial charge in [0.2, 0.25) is 0 Å². The first kappa shape index (κ1) is 13.4. The molecule has 2 nitrogen and oxygen atoms in total. The van der Waals surface area contributed by atoms with E-state index in [1.165, 1.54) is 11.3 Å². The summed E-state index contributed by atoms with van der Waals surface area (Å²) in [6, 6.07) is 9.27. The van der Waals surface area contributed by atoms with E-state index in [1.54, 1.807) is 6.07 Å². The smallest absolute Gasteiger partial charge is 0.119 e. The maximum absolute atomic E-state index is 10.2. The van der Waals surface area contributed by atoms with Crippen LogP contribution in [0.2, 0.25) is 5.02 Å². The third kappa shape index (κ3) is 3.05. The number of thiophene rings is 1. The summed E-state index contributed by atoms with van der Waals surface area (Å²) in [6.45, 7) is 2.77. The Morgan fingerprint density at radius 2 is 2.00 bits per heavy atom. The molecule has 0 saturated carbocycles. The molecule has 0 aliphatic heterocycles. The summed E-state index contributed by atoms with van der Waals surface area (Å²) >= 11 is 7.47.